The monoisotopic (exact) mass is 268 g/mol. The number of esters is 1. The molecule has 1 aromatic rings. The summed E-state index contributed by atoms with van der Waals surface area (Å²) in [5.41, 5.74) is -0.187. The zero-order valence-corrected chi connectivity index (χ0v) is 10.9. The molecule has 0 saturated heterocycles. The standard InChI is InChI=1S/C12H16N2O3S/c1-2-11(16)17-9-5-3-4-7-14-8-6-10(15)13-12(14)18/h2,6,8H,1,3-5,7,9H2,(H,13,15,18). The number of unbranched alkanes of at least 4 members (excludes halogenated alkanes) is 2. The van der Waals surface area contributed by atoms with Crippen LogP contribution in [0.2, 0.25) is 0 Å². The molecule has 1 N–H and O–H groups in total. The van der Waals surface area contributed by atoms with Crippen molar-refractivity contribution in [1.82, 2.24) is 9.55 Å². The number of nitrogens with zero attached hydrogens (tertiary/aromatic N) is 1. The highest BCUT2D eigenvalue weighted by Crippen LogP contribution is 2.00. The van der Waals surface area contributed by atoms with Gasteiger partial charge in [-0.05, 0) is 31.5 Å². The molecule has 6 heteroatoms. The van der Waals surface area contributed by atoms with Gasteiger partial charge in [-0.2, -0.15) is 0 Å². The summed E-state index contributed by atoms with van der Waals surface area (Å²) in [6.07, 6.45) is 5.46. The van der Waals surface area contributed by atoms with Gasteiger partial charge in [-0.3, -0.25) is 9.78 Å². The van der Waals surface area contributed by atoms with Crippen molar-refractivity contribution in [3.05, 3.63) is 40.0 Å². The quantitative estimate of drug-likeness (QED) is 0.354. The van der Waals surface area contributed by atoms with Crippen LogP contribution in [0.25, 0.3) is 0 Å². The number of H-pyrrole nitrogens is 1. The maximum atomic E-state index is 11.0. The van der Waals surface area contributed by atoms with Gasteiger partial charge in [0.05, 0.1) is 6.61 Å². The number of aromatic amines is 1. The summed E-state index contributed by atoms with van der Waals surface area (Å²) in [7, 11) is 0. The molecule has 0 aliphatic heterocycles. The molecular formula is C12H16N2O3S. The van der Waals surface area contributed by atoms with Crippen LogP contribution in [0, 0.1) is 4.77 Å². The van der Waals surface area contributed by atoms with Crippen LogP contribution in [0.5, 0.6) is 0 Å². The smallest absolute Gasteiger partial charge is 0.330 e. The maximum absolute atomic E-state index is 11.0. The molecule has 0 amide bonds. The van der Waals surface area contributed by atoms with E-state index in [0.717, 1.165) is 31.9 Å². The first-order chi connectivity index (χ1) is 8.63. The van der Waals surface area contributed by atoms with E-state index in [2.05, 4.69) is 11.6 Å². The largest absolute Gasteiger partial charge is 0.463 e. The summed E-state index contributed by atoms with van der Waals surface area (Å²) in [5, 5.41) is 0. The van der Waals surface area contributed by atoms with Crippen LogP contribution >= 0.6 is 12.2 Å². The van der Waals surface area contributed by atoms with Crippen LogP contribution in [0.4, 0.5) is 0 Å². The number of aryl methyl sites for hydroxylation is 1. The Balaban J connectivity index is 2.22. The number of carbonyl (C=O) groups excluding carboxylic acids is 1. The minimum Gasteiger partial charge on any atom is -0.463 e. The zero-order chi connectivity index (χ0) is 13.4. The van der Waals surface area contributed by atoms with Gasteiger partial charge >= 0.3 is 5.97 Å². The van der Waals surface area contributed by atoms with Gasteiger partial charge in [-0.25, -0.2) is 4.79 Å². The third kappa shape index (κ3) is 5.09. The van der Waals surface area contributed by atoms with Crippen LogP contribution in [0.3, 0.4) is 0 Å². The Morgan fingerprint density at radius 2 is 2.28 bits per heavy atom. The minimum absolute atomic E-state index is 0.187. The molecule has 0 aromatic carbocycles. The van der Waals surface area contributed by atoms with Crippen molar-refractivity contribution in [1.29, 1.82) is 0 Å². The second-order valence-electron chi connectivity index (χ2n) is 3.74. The third-order valence-corrected chi connectivity index (χ3v) is 2.69. The number of nitrogens with one attached hydrogen (secondary N) is 1. The molecule has 98 valence electrons. The van der Waals surface area contributed by atoms with Crippen molar-refractivity contribution in [2.75, 3.05) is 6.61 Å². The van der Waals surface area contributed by atoms with Crippen molar-refractivity contribution in [2.24, 2.45) is 0 Å². The fourth-order valence-electron chi connectivity index (χ4n) is 1.41. The Morgan fingerprint density at radius 3 is 2.94 bits per heavy atom. The first-order valence-corrected chi connectivity index (χ1v) is 6.13. The molecule has 0 unspecified atom stereocenters. The molecule has 0 aliphatic carbocycles. The normalized spacial score (nSPS) is 10.0. The van der Waals surface area contributed by atoms with Gasteiger partial charge < -0.3 is 9.30 Å². The van der Waals surface area contributed by atoms with Crippen LogP contribution in [0.1, 0.15) is 19.3 Å². The van der Waals surface area contributed by atoms with E-state index in [1.807, 2.05) is 4.57 Å². The highest BCUT2D eigenvalue weighted by molar-refractivity contribution is 7.71. The molecule has 1 aromatic heterocycles. The third-order valence-electron chi connectivity index (χ3n) is 2.35. The lowest BCUT2D eigenvalue weighted by Gasteiger charge is -2.06. The van der Waals surface area contributed by atoms with E-state index in [9.17, 15) is 9.59 Å². The van der Waals surface area contributed by atoms with E-state index < -0.39 is 5.97 Å². The SMILES string of the molecule is C=CC(=O)OCCCCCn1ccc(=O)[nH]c1=S. The molecule has 0 saturated carbocycles. The van der Waals surface area contributed by atoms with E-state index in [1.54, 1.807) is 6.20 Å². The fraction of sp³-hybridized carbons (Fsp3) is 0.417. The number of aromatic nitrogens is 2. The average Bonchev–Trinajstić information content (AvgIpc) is 2.35. The van der Waals surface area contributed by atoms with E-state index in [-0.39, 0.29) is 5.56 Å². The van der Waals surface area contributed by atoms with Gasteiger partial charge in [0.25, 0.3) is 5.56 Å². The minimum atomic E-state index is -0.391. The van der Waals surface area contributed by atoms with E-state index in [0.29, 0.717) is 11.4 Å². The predicted molar refractivity (Wildman–Crippen MR) is 70.9 cm³/mol. The molecule has 0 bridgehead atoms. The lowest BCUT2D eigenvalue weighted by Crippen LogP contribution is -2.11. The Bertz CT molecular complexity index is 519. The average molecular weight is 268 g/mol. The van der Waals surface area contributed by atoms with Gasteiger partial charge in [0.15, 0.2) is 4.77 Å². The molecule has 0 radical (unpaired) electrons. The summed E-state index contributed by atoms with van der Waals surface area (Å²) in [6, 6.07) is 1.45. The summed E-state index contributed by atoms with van der Waals surface area (Å²) in [6.45, 7) is 4.46. The van der Waals surface area contributed by atoms with Crippen LogP contribution in [-0.2, 0) is 16.1 Å². The predicted octanol–water partition coefficient (Wildman–Crippen LogP) is 1.81. The molecule has 18 heavy (non-hydrogen) atoms. The molecule has 0 aliphatic rings. The van der Waals surface area contributed by atoms with Gasteiger partial charge in [0.1, 0.15) is 0 Å². The lowest BCUT2D eigenvalue weighted by atomic mass is 10.2. The number of hydrogen-bond acceptors (Lipinski definition) is 4. The van der Waals surface area contributed by atoms with E-state index in [4.69, 9.17) is 17.0 Å². The van der Waals surface area contributed by atoms with Crippen molar-refractivity contribution < 1.29 is 9.53 Å². The van der Waals surface area contributed by atoms with Crippen molar-refractivity contribution in [2.45, 2.75) is 25.8 Å². The van der Waals surface area contributed by atoms with Crippen molar-refractivity contribution in [3.63, 3.8) is 0 Å². The Kier molecular flexibility index (Phi) is 6.07. The molecule has 1 heterocycles. The molecular weight excluding hydrogens is 252 g/mol. The van der Waals surface area contributed by atoms with Crippen LogP contribution in [0.15, 0.2) is 29.7 Å². The molecule has 0 spiro atoms. The Labute approximate surface area is 110 Å². The summed E-state index contributed by atoms with van der Waals surface area (Å²) >= 11 is 5.02. The fourth-order valence-corrected chi connectivity index (χ4v) is 1.67. The first kappa shape index (κ1) is 14.4. The summed E-state index contributed by atoms with van der Waals surface area (Å²) in [5.74, 6) is -0.391. The molecule has 0 atom stereocenters. The lowest BCUT2D eigenvalue weighted by molar-refractivity contribution is -0.137. The molecule has 5 nitrogen and oxygen atoms in total. The van der Waals surface area contributed by atoms with Gasteiger partial charge in [0, 0.05) is 24.9 Å². The van der Waals surface area contributed by atoms with Crippen LogP contribution in [-0.4, -0.2) is 22.1 Å². The number of ether oxygens (including phenoxy) is 1. The van der Waals surface area contributed by atoms with Crippen molar-refractivity contribution in [3.8, 4) is 0 Å². The van der Waals surface area contributed by atoms with E-state index in [1.165, 1.54) is 6.07 Å². The molecule has 0 fully saturated rings. The number of carbonyl (C=O) groups is 1. The topological polar surface area (TPSA) is 64.1 Å². The van der Waals surface area contributed by atoms with Crippen molar-refractivity contribution >= 4 is 18.2 Å². The van der Waals surface area contributed by atoms with Gasteiger partial charge in [-0.1, -0.05) is 6.58 Å². The Hall–Kier alpha value is -1.69. The zero-order valence-electron chi connectivity index (χ0n) is 10.1. The first-order valence-electron chi connectivity index (χ1n) is 5.72. The van der Waals surface area contributed by atoms with Gasteiger partial charge in [0.2, 0.25) is 0 Å². The van der Waals surface area contributed by atoms with Gasteiger partial charge in [-0.15, -0.1) is 0 Å². The summed E-state index contributed by atoms with van der Waals surface area (Å²) < 4.78 is 7.09. The highest BCUT2D eigenvalue weighted by Gasteiger charge is 1.96. The number of hydrogen-bond donors (Lipinski definition) is 1. The van der Waals surface area contributed by atoms with Crippen LogP contribution < -0.4 is 5.56 Å². The Morgan fingerprint density at radius 1 is 1.50 bits per heavy atom. The second-order valence-corrected chi connectivity index (χ2v) is 4.12. The number of rotatable bonds is 7. The second kappa shape index (κ2) is 7.60. The highest BCUT2D eigenvalue weighted by atomic mass is 32.1. The molecule has 1 rings (SSSR count). The van der Waals surface area contributed by atoms with E-state index >= 15 is 0 Å². The maximum Gasteiger partial charge on any atom is 0.330 e. The summed E-state index contributed by atoms with van der Waals surface area (Å²) in [4.78, 5) is 24.3.